The average Bonchev–Trinajstić information content (AvgIpc) is 3.71. The van der Waals surface area contributed by atoms with Gasteiger partial charge in [0.15, 0.2) is 31.3 Å². The van der Waals surface area contributed by atoms with Crippen molar-refractivity contribution < 1.29 is 134 Å². The minimum Gasteiger partial charge on any atom is -0.432 e. The van der Waals surface area contributed by atoms with E-state index in [4.69, 9.17) is 47.4 Å². The molecule has 27 heteroatoms. The van der Waals surface area contributed by atoms with Gasteiger partial charge in [0.2, 0.25) is 6.29 Å². The molecule has 5 aliphatic heterocycles. The van der Waals surface area contributed by atoms with Crippen LogP contribution in [-0.4, -0.2) is 274 Å². The van der Waals surface area contributed by atoms with E-state index in [0.29, 0.717) is 56.9 Å². The highest BCUT2D eigenvalue weighted by Crippen LogP contribution is 2.74. The molecule has 436 valence electrons. The lowest BCUT2D eigenvalue weighted by molar-refractivity contribution is -0.400. The Morgan fingerprint density at radius 1 is 0.539 bits per heavy atom. The van der Waals surface area contributed by atoms with Gasteiger partial charge in [-0.05, 0) is 86.5 Å². The van der Waals surface area contributed by atoms with E-state index in [0.717, 1.165) is 6.42 Å². The minimum absolute atomic E-state index is 0.0469. The highest BCUT2D eigenvalue weighted by molar-refractivity contribution is 5.77. The van der Waals surface area contributed by atoms with E-state index >= 15 is 0 Å². The summed E-state index contributed by atoms with van der Waals surface area (Å²) in [5.74, 6) is -1.05. The van der Waals surface area contributed by atoms with Crippen LogP contribution in [0.4, 0.5) is 0 Å². The Balaban J connectivity index is 0.969. The highest BCUT2D eigenvalue weighted by Gasteiger charge is 2.70. The van der Waals surface area contributed by atoms with E-state index in [1.165, 1.54) is 0 Å². The van der Waals surface area contributed by atoms with Crippen LogP contribution in [0.3, 0.4) is 0 Å². The van der Waals surface area contributed by atoms with Gasteiger partial charge < -0.3 is 129 Å². The van der Waals surface area contributed by atoms with Gasteiger partial charge in [0.1, 0.15) is 110 Å². The second kappa shape index (κ2) is 22.5. The molecule has 5 saturated heterocycles. The van der Waals surface area contributed by atoms with Gasteiger partial charge in [-0.25, -0.2) is 0 Å². The molecule has 0 radical (unpaired) electrons. The van der Waals surface area contributed by atoms with E-state index in [9.17, 15) is 86.5 Å². The van der Waals surface area contributed by atoms with Crippen LogP contribution in [0.25, 0.3) is 0 Å². The van der Waals surface area contributed by atoms with Gasteiger partial charge >= 0.3 is 5.97 Å². The monoisotopic (exact) mass is 1100 g/mol. The Hall–Kier alpha value is -1.79. The summed E-state index contributed by atoms with van der Waals surface area (Å²) in [6.45, 7) is 4.76. The van der Waals surface area contributed by atoms with Crippen molar-refractivity contribution in [2.75, 3.05) is 33.0 Å². The van der Waals surface area contributed by atoms with Crippen molar-refractivity contribution in [3.8, 4) is 0 Å². The van der Waals surface area contributed by atoms with Crippen LogP contribution in [-0.2, 0) is 52.2 Å². The molecule has 11 unspecified atom stereocenters. The molecule has 27 nitrogen and oxygen atoms in total. The summed E-state index contributed by atoms with van der Waals surface area (Å²) in [7, 11) is 0. The molecule has 76 heavy (non-hydrogen) atoms. The molecule has 9 rings (SSSR count). The maximum absolute atomic E-state index is 14.8. The van der Waals surface area contributed by atoms with Crippen molar-refractivity contribution in [3.63, 3.8) is 0 Å². The van der Waals surface area contributed by atoms with Gasteiger partial charge in [0, 0.05) is 0 Å². The quantitative estimate of drug-likeness (QED) is 0.0437. The number of carbonyl (C=O) groups excluding carboxylic acids is 1. The lowest BCUT2D eigenvalue weighted by Gasteiger charge is -2.64. The van der Waals surface area contributed by atoms with Crippen molar-refractivity contribution in [1.82, 2.24) is 0 Å². The van der Waals surface area contributed by atoms with Gasteiger partial charge in [-0.3, -0.25) is 4.79 Å². The maximum atomic E-state index is 14.8. The second-order valence-electron chi connectivity index (χ2n) is 23.2. The Morgan fingerprint density at radius 3 is 1.63 bits per heavy atom. The Morgan fingerprint density at radius 2 is 1.04 bits per heavy atom. The molecule has 5 heterocycles. The molecule has 0 aromatic heterocycles. The van der Waals surface area contributed by atoms with Gasteiger partial charge in [-0.2, -0.15) is 0 Å². The summed E-state index contributed by atoms with van der Waals surface area (Å²) in [5, 5.41) is 170. The number of fused-ring (bicyclic) bond motifs is 3. The third-order valence-corrected chi connectivity index (χ3v) is 18.8. The predicted molar refractivity (Wildman–Crippen MR) is 246 cm³/mol. The normalized spacial score (nSPS) is 54.6. The second-order valence-corrected chi connectivity index (χ2v) is 23.2. The largest absolute Gasteiger partial charge is 0.432 e. The molecule has 9 fully saturated rings. The fourth-order valence-electron chi connectivity index (χ4n) is 14.7. The number of carbonyl (C=O) groups is 1. The van der Waals surface area contributed by atoms with Gasteiger partial charge in [-0.15, -0.1) is 0 Å². The Labute approximate surface area is 437 Å². The van der Waals surface area contributed by atoms with E-state index < -0.39 is 208 Å². The predicted octanol–water partition coefficient (Wildman–Crippen LogP) is -6.65. The van der Waals surface area contributed by atoms with Crippen LogP contribution in [0.2, 0.25) is 0 Å². The highest BCUT2D eigenvalue weighted by atomic mass is 16.8. The molecule has 0 aromatic carbocycles. The Kier molecular flexibility index (Phi) is 17.4. The minimum atomic E-state index is -1.98. The molecule has 9 aliphatic rings. The van der Waals surface area contributed by atoms with Crippen molar-refractivity contribution in [2.24, 2.45) is 28.1 Å². The fraction of sp³-hybridized carbons (Fsp3) is 0.939. The number of esters is 1. The average molecular weight is 1100 g/mol. The number of aliphatic hydroxyl groups excluding tert-OH is 16. The van der Waals surface area contributed by atoms with Crippen LogP contribution in [0.1, 0.15) is 71.6 Å². The van der Waals surface area contributed by atoms with Crippen LogP contribution in [0.5, 0.6) is 0 Å². The van der Waals surface area contributed by atoms with Gasteiger partial charge in [0.25, 0.3) is 0 Å². The topological polar surface area (TPSA) is 433 Å². The first-order valence-electron chi connectivity index (χ1n) is 26.3. The SMILES string of the molecule is C=C1C[C@@]23CCC4[C@](C)(C(=O)O[C@@H]5OC(CO)[C@@H](O)[C@H](O)C5O[C@@H]5OC[C@@H](O)[C@H](O)C5O)CCC[C@@]4(C)[C@@H]2CCC1(O[C@@H]1OC(CO)[C@@H](O)[C@H](O[C@@H]2OC(CO)[C@@H](O)[C@H](O)C2O)C1O[C@@H]1OC(CO)[C@@H](O)[C@H](O)C1O)C3. The van der Waals surface area contributed by atoms with Gasteiger partial charge in [-0.1, -0.05) is 19.9 Å². The van der Waals surface area contributed by atoms with Crippen molar-refractivity contribution in [2.45, 2.75) is 225 Å². The van der Waals surface area contributed by atoms with Gasteiger partial charge in [0.05, 0.1) is 44.1 Å². The first-order valence-corrected chi connectivity index (χ1v) is 26.3. The molecule has 2 bridgehead atoms. The van der Waals surface area contributed by atoms with E-state index in [-0.39, 0.29) is 11.8 Å². The summed E-state index contributed by atoms with van der Waals surface area (Å²) in [5.41, 5.74) is -2.69. The standard InChI is InChI=1S/C49H78O27/c1-18-11-48-9-5-24-46(2,7-4-8-47(24,3)45(66)75-43-38(33(62)29(58)22(14-52)70-43)73-40-34(63)26(55)19(54)16-67-40)25(48)6-10-49(18,17-48)76-44-39(74-42-36(65)32(61)28(57)21(13-51)69-42)37(30(59)23(15-53)71-44)72-41-35(64)31(60)27(56)20(12-50)68-41/h19-44,50-65H,1,4-17H2,2-3H3/t19-,20?,21?,22?,23?,24?,25+,26+,27-,28-,29-,30-,31+,32+,33+,34?,35?,36?,37+,38?,39?,40+,41+,42+,43+,44+,46-,47-,48-,49?/m1/s1. The lowest BCUT2D eigenvalue weighted by atomic mass is 9.41. The van der Waals surface area contributed by atoms with Crippen LogP contribution in [0, 0.1) is 28.1 Å². The smallest absolute Gasteiger partial charge is 0.314 e. The summed E-state index contributed by atoms with van der Waals surface area (Å²) in [6, 6.07) is 0. The third kappa shape index (κ3) is 10.0. The number of aliphatic hydroxyl groups is 16. The molecule has 0 aromatic rings. The summed E-state index contributed by atoms with van der Waals surface area (Å²) < 4.78 is 60.2. The number of ether oxygens (including phenoxy) is 10. The summed E-state index contributed by atoms with van der Waals surface area (Å²) in [6.07, 6.45) is -37.1. The number of hydrogen-bond donors (Lipinski definition) is 16. The summed E-state index contributed by atoms with van der Waals surface area (Å²) >= 11 is 0. The Bertz CT molecular complexity index is 2020. The van der Waals surface area contributed by atoms with Crippen molar-refractivity contribution >= 4 is 5.97 Å². The van der Waals surface area contributed by atoms with Crippen LogP contribution in [0.15, 0.2) is 12.2 Å². The third-order valence-electron chi connectivity index (χ3n) is 18.8. The van der Waals surface area contributed by atoms with E-state index in [1.54, 1.807) is 0 Å². The van der Waals surface area contributed by atoms with Crippen LogP contribution >= 0.6 is 0 Å². The molecule has 1 spiro atoms. The first kappa shape index (κ1) is 58.9. The fourth-order valence-corrected chi connectivity index (χ4v) is 14.7. The first-order chi connectivity index (χ1) is 35.9. The number of rotatable bonds is 14. The zero-order valence-electron chi connectivity index (χ0n) is 42.3. The van der Waals surface area contributed by atoms with Crippen molar-refractivity contribution in [3.05, 3.63) is 12.2 Å². The van der Waals surface area contributed by atoms with Crippen molar-refractivity contribution in [1.29, 1.82) is 0 Å². The van der Waals surface area contributed by atoms with E-state index in [1.807, 2.05) is 6.92 Å². The number of hydrogen-bond acceptors (Lipinski definition) is 27. The molecule has 30 atom stereocenters. The zero-order chi connectivity index (χ0) is 55.1. The molecule has 4 aliphatic carbocycles. The maximum Gasteiger partial charge on any atom is 0.314 e. The molecule has 16 N–H and O–H groups in total. The zero-order valence-corrected chi connectivity index (χ0v) is 42.3. The van der Waals surface area contributed by atoms with E-state index in [2.05, 4.69) is 13.5 Å². The molecular weight excluding hydrogens is 1020 g/mol. The molecule has 4 saturated carbocycles. The summed E-state index contributed by atoms with van der Waals surface area (Å²) in [4.78, 5) is 14.8. The molecular formula is C49H78O27. The lowest BCUT2D eigenvalue weighted by Crippen LogP contribution is -2.68. The molecule has 0 amide bonds. The van der Waals surface area contributed by atoms with Crippen LogP contribution < -0.4 is 0 Å².